The summed E-state index contributed by atoms with van der Waals surface area (Å²) in [6, 6.07) is 10.6. The van der Waals surface area contributed by atoms with Crippen molar-refractivity contribution in [3.05, 3.63) is 59.2 Å². The average molecular weight is 534 g/mol. The van der Waals surface area contributed by atoms with Gasteiger partial charge >= 0.3 is 6.18 Å². The average Bonchev–Trinajstić information content (AvgIpc) is 2.89. The Morgan fingerprint density at radius 2 is 1.92 bits per heavy atom. The van der Waals surface area contributed by atoms with Gasteiger partial charge in [-0.15, -0.1) is 0 Å². The Hall–Kier alpha value is -3.27. The van der Waals surface area contributed by atoms with Crippen LogP contribution < -0.4 is 14.8 Å². The number of piperidine rings is 1. The Bertz CT molecular complexity index is 1120. The molecule has 2 fully saturated rings. The monoisotopic (exact) mass is 533 g/mol. The van der Waals surface area contributed by atoms with Gasteiger partial charge in [0.15, 0.2) is 11.5 Å². The lowest BCUT2D eigenvalue weighted by Gasteiger charge is -2.36. The van der Waals surface area contributed by atoms with E-state index in [2.05, 4.69) is 10.2 Å². The van der Waals surface area contributed by atoms with Crippen molar-refractivity contribution < 1.29 is 32.2 Å². The van der Waals surface area contributed by atoms with Crippen LogP contribution >= 0.6 is 0 Å². The molecule has 10 heteroatoms. The maximum absolute atomic E-state index is 13.1. The van der Waals surface area contributed by atoms with E-state index in [1.54, 1.807) is 18.1 Å². The van der Waals surface area contributed by atoms with Crippen LogP contribution in [-0.2, 0) is 28.7 Å². The van der Waals surface area contributed by atoms with Crippen molar-refractivity contribution in [3.8, 4) is 11.5 Å². The molecule has 2 amide bonds. The number of nitrogens with one attached hydrogen (secondary N) is 1. The van der Waals surface area contributed by atoms with Gasteiger partial charge in [0.1, 0.15) is 0 Å². The molecule has 2 aromatic rings. The van der Waals surface area contributed by atoms with Crippen LogP contribution in [0, 0.1) is 0 Å². The quantitative estimate of drug-likeness (QED) is 0.527. The second-order valence-electron chi connectivity index (χ2n) is 9.79. The van der Waals surface area contributed by atoms with E-state index in [1.807, 2.05) is 18.2 Å². The number of ether oxygens (including phenoxy) is 2. The lowest BCUT2D eigenvalue weighted by atomic mass is 9.98. The van der Waals surface area contributed by atoms with Crippen molar-refractivity contribution in [1.29, 1.82) is 0 Å². The predicted octanol–water partition coefficient (Wildman–Crippen LogP) is 4.04. The summed E-state index contributed by atoms with van der Waals surface area (Å²) in [5.41, 5.74) is 0.621. The molecular formula is C28H34F3N3O4. The first kappa shape index (κ1) is 27.8. The predicted molar refractivity (Wildman–Crippen MR) is 136 cm³/mol. The number of hydrogen-bond donors (Lipinski definition) is 1. The van der Waals surface area contributed by atoms with Crippen LogP contribution in [0.15, 0.2) is 42.5 Å². The van der Waals surface area contributed by atoms with Crippen molar-refractivity contribution in [1.82, 2.24) is 15.1 Å². The van der Waals surface area contributed by atoms with Crippen LogP contribution in [-0.4, -0.2) is 67.6 Å². The van der Waals surface area contributed by atoms with E-state index in [0.29, 0.717) is 56.3 Å². The van der Waals surface area contributed by atoms with Gasteiger partial charge in [-0.25, -0.2) is 0 Å². The number of carbonyl (C=O) groups excluding carboxylic acids is 2. The van der Waals surface area contributed by atoms with Crippen molar-refractivity contribution in [2.45, 2.75) is 50.9 Å². The van der Waals surface area contributed by atoms with Gasteiger partial charge in [0, 0.05) is 38.6 Å². The Morgan fingerprint density at radius 3 is 2.68 bits per heavy atom. The lowest BCUT2D eigenvalue weighted by Crippen LogP contribution is -2.47. The van der Waals surface area contributed by atoms with Gasteiger partial charge in [0.25, 0.3) is 0 Å². The number of alkyl halides is 3. The number of rotatable bonds is 9. The van der Waals surface area contributed by atoms with Crippen molar-refractivity contribution in [3.63, 3.8) is 0 Å². The molecule has 206 valence electrons. The number of nitrogens with zero attached hydrogens (tertiary/aromatic N) is 2. The Kier molecular flexibility index (Phi) is 9.14. The van der Waals surface area contributed by atoms with Crippen molar-refractivity contribution in [2.75, 3.05) is 39.9 Å². The molecule has 7 nitrogen and oxygen atoms in total. The topological polar surface area (TPSA) is 71.1 Å². The highest BCUT2D eigenvalue weighted by Gasteiger charge is 2.31. The molecule has 2 heterocycles. The number of hydrogen-bond acceptors (Lipinski definition) is 5. The highest BCUT2D eigenvalue weighted by Crippen LogP contribution is 2.31. The Labute approximate surface area is 220 Å². The van der Waals surface area contributed by atoms with Gasteiger partial charge in [-0.1, -0.05) is 24.3 Å². The summed E-state index contributed by atoms with van der Waals surface area (Å²) < 4.78 is 50.8. The highest BCUT2D eigenvalue weighted by molar-refractivity contribution is 5.79. The smallest absolute Gasteiger partial charge is 0.416 e. The third-order valence-electron chi connectivity index (χ3n) is 7.02. The zero-order chi connectivity index (χ0) is 27.1. The highest BCUT2D eigenvalue weighted by atomic mass is 19.4. The minimum atomic E-state index is -4.44. The van der Waals surface area contributed by atoms with Crippen molar-refractivity contribution in [2.24, 2.45) is 0 Å². The van der Waals surface area contributed by atoms with E-state index in [1.165, 1.54) is 6.07 Å². The molecule has 0 bridgehead atoms. The van der Waals surface area contributed by atoms with Crippen LogP contribution in [0.1, 0.15) is 42.4 Å². The Morgan fingerprint density at radius 1 is 1.08 bits per heavy atom. The summed E-state index contributed by atoms with van der Waals surface area (Å²) in [6.45, 7) is 3.33. The zero-order valence-electron chi connectivity index (χ0n) is 21.6. The van der Waals surface area contributed by atoms with E-state index in [9.17, 15) is 22.8 Å². The first-order valence-corrected chi connectivity index (χ1v) is 13.0. The molecule has 0 radical (unpaired) electrons. The lowest BCUT2D eigenvalue weighted by molar-refractivity contribution is -0.138. The van der Waals surface area contributed by atoms with Gasteiger partial charge < -0.3 is 19.7 Å². The first-order chi connectivity index (χ1) is 18.2. The molecule has 1 atom stereocenters. The summed E-state index contributed by atoms with van der Waals surface area (Å²) in [4.78, 5) is 28.6. The molecule has 1 N–H and O–H groups in total. The molecule has 1 unspecified atom stereocenters. The molecular weight excluding hydrogens is 499 g/mol. The van der Waals surface area contributed by atoms with Crippen LogP contribution in [0.2, 0.25) is 0 Å². The minimum Gasteiger partial charge on any atom is -0.493 e. The number of amides is 2. The van der Waals surface area contributed by atoms with Gasteiger partial charge in [0.2, 0.25) is 11.8 Å². The van der Waals surface area contributed by atoms with Crippen molar-refractivity contribution >= 4 is 11.8 Å². The fourth-order valence-corrected chi connectivity index (χ4v) is 5.08. The Balaban J connectivity index is 1.35. The molecule has 0 aromatic heterocycles. The molecule has 2 aromatic carbocycles. The fraction of sp³-hybridized carbons (Fsp3) is 0.500. The standard InChI is InChI=1S/C28H34F3N3O4/c1-37-24-9-8-21(18-33-13-11-32-26(35)19-33)16-25(24)38-14-10-23-7-2-3-12-34(23)27(36)17-20-5-4-6-22(15-20)28(29,30)31/h4-6,8-9,15-16,23H,2-3,7,10-14,17-19H2,1H3,(H,32,35). The number of likely N-dealkylation sites (tertiary alicyclic amines) is 1. The van der Waals surface area contributed by atoms with Crippen LogP contribution in [0.5, 0.6) is 11.5 Å². The van der Waals surface area contributed by atoms with Gasteiger partial charge in [0.05, 0.1) is 32.2 Å². The second kappa shape index (κ2) is 12.5. The molecule has 2 aliphatic rings. The molecule has 0 saturated carbocycles. The number of benzene rings is 2. The van der Waals surface area contributed by atoms with Gasteiger partial charge in [-0.3, -0.25) is 14.5 Å². The normalized spacial score (nSPS) is 18.7. The third-order valence-corrected chi connectivity index (χ3v) is 7.02. The van der Waals surface area contributed by atoms with E-state index in [-0.39, 0.29) is 24.3 Å². The largest absolute Gasteiger partial charge is 0.493 e. The number of halogens is 3. The molecule has 2 aliphatic heterocycles. The van der Waals surface area contributed by atoms with Gasteiger partial charge in [-0.2, -0.15) is 13.2 Å². The molecule has 0 spiro atoms. The van der Waals surface area contributed by atoms with Crippen LogP contribution in [0.25, 0.3) is 0 Å². The van der Waals surface area contributed by atoms with Crippen LogP contribution in [0.4, 0.5) is 13.2 Å². The fourth-order valence-electron chi connectivity index (χ4n) is 5.08. The van der Waals surface area contributed by atoms with E-state index in [4.69, 9.17) is 9.47 Å². The zero-order valence-corrected chi connectivity index (χ0v) is 21.6. The second-order valence-corrected chi connectivity index (χ2v) is 9.79. The summed E-state index contributed by atoms with van der Waals surface area (Å²) >= 11 is 0. The van der Waals surface area contributed by atoms with E-state index >= 15 is 0 Å². The molecule has 4 rings (SSSR count). The van der Waals surface area contributed by atoms with E-state index < -0.39 is 11.7 Å². The number of methoxy groups -OCH3 is 1. The van der Waals surface area contributed by atoms with E-state index in [0.717, 1.165) is 43.5 Å². The van der Waals surface area contributed by atoms with Crippen LogP contribution in [0.3, 0.4) is 0 Å². The number of carbonyl (C=O) groups is 2. The summed E-state index contributed by atoms with van der Waals surface area (Å²) in [5, 5.41) is 2.82. The molecule has 2 saturated heterocycles. The third kappa shape index (κ3) is 7.40. The molecule has 0 aliphatic carbocycles. The summed E-state index contributed by atoms with van der Waals surface area (Å²) in [5.74, 6) is 1.05. The van der Waals surface area contributed by atoms with Gasteiger partial charge in [-0.05, 0) is 48.6 Å². The maximum Gasteiger partial charge on any atom is 0.416 e. The SMILES string of the molecule is COc1ccc(CN2CCNC(=O)C2)cc1OCCC1CCCCN1C(=O)Cc1cccc(C(F)(F)F)c1. The minimum absolute atomic E-state index is 0.0147. The first-order valence-electron chi connectivity index (χ1n) is 13.0. The summed E-state index contributed by atoms with van der Waals surface area (Å²) in [6.07, 6.45) is -1.22. The number of piperazine rings is 1. The summed E-state index contributed by atoms with van der Waals surface area (Å²) in [7, 11) is 1.58. The molecule has 38 heavy (non-hydrogen) atoms. The maximum atomic E-state index is 13.1.